The van der Waals surface area contributed by atoms with Crippen LogP contribution in [0.25, 0.3) is 11.5 Å². The lowest BCUT2D eigenvalue weighted by atomic mass is 9.97. The summed E-state index contributed by atoms with van der Waals surface area (Å²) in [5.41, 5.74) is 0.239. The number of likely N-dealkylation sites (tertiary alicyclic amines) is 1. The summed E-state index contributed by atoms with van der Waals surface area (Å²) in [7, 11) is 0. The van der Waals surface area contributed by atoms with Gasteiger partial charge in [-0.05, 0) is 62.4 Å². The van der Waals surface area contributed by atoms with Gasteiger partial charge in [-0.15, -0.1) is 0 Å². The lowest BCUT2D eigenvalue weighted by Gasteiger charge is -2.33. The molecule has 0 saturated carbocycles. The van der Waals surface area contributed by atoms with Gasteiger partial charge in [0.15, 0.2) is 0 Å². The van der Waals surface area contributed by atoms with E-state index in [4.69, 9.17) is 4.42 Å². The maximum atomic E-state index is 12.9. The van der Waals surface area contributed by atoms with Crippen LogP contribution in [0.1, 0.15) is 36.0 Å². The number of carbonyl (C=O) groups excluding carboxylic acids is 2. The third-order valence-electron chi connectivity index (χ3n) is 5.67. The van der Waals surface area contributed by atoms with Gasteiger partial charge in [-0.25, -0.2) is 0 Å². The average Bonchev–Trinajstić information content (AvgIpc) is 3.46. The van der Waals surface area contributed by atoms with Crippen LogP contribution in [0, 0.1) is 5.92 Å². The summed E-state index contributed by atoms with van der Waals surface area (Å²) < 4.78 is 5.28. The molecule has 2 aliphatic rings. The predicted octanol–water partition coefficient (Wildman–Crippen LogP) is 1.36. The van der Waals surface area contributed by atoms with Crippen molar-refractivity contribution in [2.45, 2.75) is 31.7 Å². The normalized spacial score (nSPS) is 21.9. The molecule has 2 amide bonds. The first-order chi connectivity index (χ1) is 14.1. The van der Waals surface area contributed by atoms with E-state index in [2.05, 4.69) is 15.6 Å². The number of nitrogens with zero attached hydrogens (tertiary/aromatic N) is 1. The molecule has 0 radical (unpaired) electrons. The van der Waals surface area contributed by atoms with E-state index in [-0.39, 0.29) is 29.3 Å². The topological polar surface area (TPSA) is 107 Å². The molecule has 0 bridgehead atoms. The van der Waals surface area contributed by atoms with Gasteiger partial charge in [0.1, 0.15) is 11.3 Å². The highest BCUT2D eigenvalue weighted by atomic mass is 16.3. The zero-order chi connectivity index (χ0) is 20.2. The second-order valence-corrected chi connectivity index (χ2v) is 7.75. The van der Waals surface area contributed by atoms with Crippen molar-refractivity contribution in [1.29, 1.82) is 0 Å². The monoisotopic (exact) mass is 398 g/mol. The molecule has 0 spiro atoms. The number of hydrogen-bond acceptors (Lipinski definition) is 5. The van der Waals surface area contributed by atoms with E-state index in [1.165, 1.54) is 6.26 Å². The molecular formula is C21H26N4O4. The molecule has 2 aromatic heterocycles. The van der Waals surface area contributed by atoms with Crippen molar-refractivity contribution in [1.82, 2.24) is 20.5 Å². The van der Waals surface area contributed by atoms with Crippen molar-refractivity contribution in [2.24, 2.45) is 5.92 Å². The molecular weight excluding hydrogens is 372 g/mol. The molecule has 2 atom stereocenters. The molecule has 2 aromatic rings. The van der Waals surface area contributed by atoms with Crippen LogP contribution in [0.2, 0.25) is 0 Å². The SMILES string of the molecule is O=C(NCC1CCCN(C(=O)c2ccc(-c3ccco3)[nH]c2=O)C1)C1CCCN1. The number of aromatic nitrogens is 1. The van der Waals surface area contributed by atoms with Gasteiger partial charge >= 0.3 is 0 Å². The van der Waals surface area contributed by atoms with Gasteiger partial charge < -0.3 is 24.9 Å². The summed E-state index contributed by atoms with van der Waals surface area (Å²) in [6.07, 6.45) is 5.24. The molecule has 4 heterocycles. The highest BCUT2D eigenvalue weighted by Gasteiger charge is 2.28. The molecule has 2 unspecified atom stereocenters. The standard InChI is InChI=1S/C21H26N4O4/c26-19-15(7-8-16(24-19)18-6-3-11-29-18)21(28)25-10-2-4-14(13-25)12-23-20(27)17-5-1-9-22-17/h3,6-8,11,14,17,22H,1-2,4-5,9-10,12-13H2,(H,23,27)(H,24,26). The molecule has 154 valence electrons. The Bertz CT molecular complexity index is 915. The molecule has 29 heavy (non-hydrogen) atoms. The first-order valence-corrected chi connectivity index (χ1v) is 10.2. The second kappa shape index (κ2) is 8.65. The van der Waals surface area contributed by atoms with Gasteiger partial charge in [0.05, 0.1) is 18.0 Å². The van der Waals surface area contributed by atoms with Crippen molar-refractivity contribution in [3.63, 3.8) is 0 Å². The number of hydrogen-bond donors (Lipinski definition) is 3. The summed E-state index contributed by atoms with van der Waals surface area (Å²) in [5, 5.41) is 6.20. The van der Waals surface area contributed by atoms with E-state index in [9.17, 15) is 14.4 Å². The fraction of sp³-hybridized carbons (Fsp3) is 0.476. The van der Waals surface area contributed by atoms with Gasteiger partial charge in [-0.1, -0.05) is 0 Å². The maximum Gasteiger partial charge on any atom is 0.261 e. The molecule has 8 heteroatoms. The molecule has 0 aliphatic carbocycles. The largest absolute Gasteiger partial charge is 0.463 e. The Morgan fingerprint density at radius 1 is 1.21 bits per heavy atom. The third kappa shape index (κ3) is 4.42. The maximum absolute atomic E-state index is 12.9. The van der Waals surface area contributed by atoms with E-state index < -0.39 is 5.56 Å². The van der Waals surface area contributed by atoms with Crippen LogP contribution < -0.4 is 16.2 Å². The summed E-state index contributed by atoms with van der Waals surface area (Å²) in [6, 6.07) is 6.63. The molecule has 0 aromatic carbocycles. The summed E-state index contributed by atoms with van der Waals surface area (Å²) in [6.45, 7) is 2.59. The third-order valence-corrected chi connectivity index (χ3v) is 5.67. The van der Waals surface area contributed by atoms with Crippen LogP contribution in [-0.2, 0) is 4.79 Å². The Hall–Kier alpha value is -2.87. The van der Waals surface area contributed by atoms with Crippen molar-refractivity contribution in [2.75, 3.05) is 26.2 Å². The van der Waals surface area contributed by atoms with Gasteiger partial charge in [0.25, 0.3) is 11.5 Å². The van der Waals surface area contributed by atoms with Crippen molar-refractivity contribution >= 4 is 11.8 Å². The lowest BCUT2D eigenvalue weighted by molar-refractivity contribution is -0.123. The van der Waals surface area contributed by atoms with Gasteiger partial charge in [0, 0.05) is 19.6 Å². The zero-order valence-electron chi connectivity index (χ0n) is 16.3. The van der Waals surface area contributed by atoms with Crippen molar-refractivity contribution < 1.29 is 14.0 Å². The molecule has 4 rings (SSSR count). The second-order valence-electron chi connectivity index (χ2n) is 7.75. The van der Waals surface area contributed by atoms with E-state index in [0.717, 1.165) is 32.2 Å². The minimum Gasteiger partial charge on any atom is -0.463 e. The Morgan fingerprint density at radius 3 is 2.83 bits per heavy atom. The van der Waals surface area contributed by atoms with Gasteiger partial charge in [-0.3, -0.25) is 14.4 Å². The first-order valence-electron chi connectivity index (χ1n) is 10.2. The number of carbonyl (C=O) groups is 2. The predicted molar refractivity (Wildman–Crippen MR) is 107 cm³/mol. The van der Waals surface area contributed by atoms with Crippen LogP contribution in [0.5, 0.6) is 0 Å². The average molecular weight is 398 g/mol. The Kier molecular flexibility index (Phi) is 5.80. The first kappa shape index (κ1) is 19.4. The van der Waals surface area contributed by atoms with E-state index in [1.807, 2.05) is 0 Å². The summed E-state index contributed by atoms with van der Waals surface area (Å²) in [4.78, 5) is 42.0. The highest BCUT2D eigenvalue weighted by molar-refractivity contribution is 5.94. The summed E-state index contributed by atoms with van der Waals surface area (Å²) in [5.74, 6) is 0.507. The minimum atomic E-state index is -0.424. The number of pyridine rings is 1. The Labute approximate surface area is 168 Å². The fourth-order valence-corrected chi connectivity index (χ4v) is 4.08. The quantitative estimate of drug-likeness (QED) is 0.705. The molecule has 2 aliphatic heterocycles. The van der Waals surface area contributed by atoms with E-state index in [1.54, 1.807) is 29.2 Å². The van der Waals surface area contributed by atoms with Crippen LogP contribution in [-0.4, -0.2) is 53.9 Å². The minimum absolute atomic E-state index is 0.0379. The molecule has 8 nitrogen and oxygen atoms in total. The number of rotatable bonds is 5. The molecule has 2 fully saturated rings. The number of furan rings is 1. The number of aromatic amines is 1. The molecule has 2 saturated heterocycles. The van der Waals surface area contributed by atoms with E-state index in [0.29, 0.717) is 31.1 Å². The van der Waals surface area contributed by atoms with Crippen molar-refractivity contribution in [3.05, 3.63) is 46.4 Å². The van der Waals surface area contributed by atoms with Crippen molar-refractivity contribution in [3.8, 4) is 11.5 Å². The fourth-order valence-electron chi connectivity index (χ4n) is 4.08. The van der Waals surface area contributed by atoms with Crippen LogP contribution in [0.15, 0.2) is 39.7 Å². The smallest absolute Gasteiger partial charge is 0.261 e. The molecule has 3 N–H and O–H groups in total. The van der Waals surface area contributed by atoms with Crippen LogP contribution in [0.4, 0.5) is 0 Å². The van der Waals surface area contributed by atoms with Gasteiger partial charge in [0.2, 0.25) is 5.91 Å². The Balaban J connectivity index is 1.37. The zero-order valence-corrected chi connectivity index (χ0v) is 16.3. The lowest BCUT2D eigenvalue weighted by Crippen LogP contribution is -2.47. The number of nitrogens with one attached hydrogen (secondary N) is 3. The Morgan fingerprint density at radius 2 is 2.10 bits per heavy atom. The number of amides is 2. The highest BCUT2D eigenvalue weighted by Crippen LogP contribution is 2.19. The summed E-state index contributed by atoms with van der Waals surface area (Å²) >= 11 is 0. The van der Waals surface area contributed by atoms with Gasteiger partial charge in [-0.2, -0.15) is 0 Å². The number of H-pyrrole nitrogens is 1. The van der Waals surface area contributed by atoms with Crippen LogP contribution >= 0.6 is 0 Å². The van der Waals surface area contributed by atoms with Crippen LogP contribution in [0.3, 0.4) is 0 Å². The van der Waals surface area contributed by atoms with E-state index >= 15 is 0 Å². The number of piperidine rings is 1.